The van der Waals surface area contributed by atoms with E-state index in [1.807, 2.05) is 5.32 Å². The molecule has 1 aliphatic heterocycles. The minimum atomic E-state index is -4.16. The molecule has 9 heteroatoms. The van der Waals surface area contributed by atoms with Crippen LogP contribution < -0.4 is 5.32 Å². The number of rotatable bonds is 4. The van der Waals surface area contributed by atoms with Crippen LogP contribution in [0.2, 0.25) is 0 Å². The number of imide groups is 1. The van der Waals surface area contributed by atoms with Gasteiger partial charge in [-0.05, 0) is 6.42 Å². The number of aliphatic carboxylic acids is 1. The summed E-state index contributed by atoms with van der Waals surface area (Å²) in [4.78, 5) is 32.9. The van der Waals surface area contributed by atoms with Crippen molar-refractivity contribution in [2.24, 2.45) is 0 Å². The molecule has 17 heavy (non-hydrogen) atoms. The highest BCUT2D eigenvalue weighted by Gasteiger charge is 2.40. The van der Waals surface area contributed by atoms with Gasteiger partial charge in [-0.15, -0.1) is 0 Å². The first-order valence-corrected chi connectivity index (χ1v) is 6.44. The standard InChI is InChI=1S/C8H12N2O6S/c1-2-5-8(14)9-6(11)3-10(5)17(15,16)4-7(12)13/h5H,2-4H2,1H3,(H,12,13)(H,9,11,14). The third kappa shape index (κ3) is 3.01. The van der Waals surface area contributed by atoms with Gasteiger partial charge in [0.25, 0.3) is 0 Å². The van der Waals surface area contributed by atoms with Crippen LogP contribution >= 0.6 is 0 Å². The number of amides is 2. The molecule has 1 heterocycles. The molecular weight excluding hydrogens is 252 g/mol. The van der Waals surface area contributed by atoms with E-state index in [1.165, 1.54) is 0 Å². The Morgan fingerprint density at radius 2 is 2.12 bits per heavy atom. The Bertz CT molecular complexity index is 457. The van der Waals surface area contributed by atoms with Crippen LogP contribution in [0, 0.1) is 0 Å². The summed E-state index contributed by atoms with van der Waals surface area (Å²) in [7, 11) is -4.16. The molecule has 0 bridgehead atoms. The first-order chi connectivity index (χ1) is 7.77. The van der Waals surface area contributed by atoms with Gasteiger partial charge < -0.3 is 5.11 Å². The van der Waals surface area contributed by atoms with Gasteiger partial charge in [0.1, 0.15) is 6.04 Å². The molecule has 0 radical (unpaired) electrons. The fourth-order valence-corrected chi connectivity index (χ4v) is 2.99. The fourth-order valence-electron chi connectivity index (χ4n) is 1.56. The lowest BCUT2D eigenvalue weighted by Gasteiger charge is -2.31. The fraction of sp³-hybridized carbons (Fsp3) is 0.625. The van der Waals surface area contributed by atoms with E-state index < -0.39 is 46.1 Å². The topological polar surface area (TPSA) is 121 Å². The lowest BCUT2D eigenvalue weighted by Crippen LogP contribution is -2.60. The van der Waals surface area contributed by atoms with Crippen molar-refractivity contribution >= 4 is 27.8 Å². The molecule has 0 aromatic rings. The van der Waals surface area contributed by atoms with Crippen LogP contribution in [0.25, 0.3) is 0 Å². The summed E-state index contributed by atoms with van der Waals surface area (Å²) in [5, 5.41) is 10.5. The summed E-state index contributed by atoms with van der Waals surface area (Å²) in [6, 6.07) is -1.03. The van der Waals surface area contributed by atoms with E-state index in [4.69, 9.17) is 5.11 Å². The molecule has 0 aromatic carbocycles. The maximum absolute atomic E-state index is 11.7. The van der Waals surface area contributed by atoms with Crippen LogP contribution in [0.1, 0.15) is 13.3 Å². The summed E-state index contributed by atoms with van der Waals surface area (Å²) in [6.07, 6.45) is 0.165. The number of hydrogen-bond donors (Lipinski definition) is 2. The summed E-state index contributed by atoms with van der Waals surface area (Å²) in [5.41, 5.74) is 0. The zero-order valence-corrected chi connectivity index (χ0v) is 9.86. The minimum Gasteiger partial charge on any atom is -0.480 e. The van der Waals surface area contributed by atoms with Crippen LogP contribution in [-0.4, -0.2) is 54.0 Å². The van der Waals surface area contributed by atoms with Gasteiger partial charge >= 0.3 is 5.97 Å². The van der Waals surface area contributed by atoms with Gasteiger partial charge in [-0.1, -0.05) is 6.92 Å². The van der Waals surface area contributed by atoms with Crippen molar-refractivity contribution in [2.75, 3.05) is 12.3 Å². The lowest BCUT2D eigenvalue weighted by molar-refractivity contribution is -0.138. The van der Waals surface area contributed by atoms with Crippen molar-refractivity contribution in [1.29, 1.82) is 0 Å². The summed E-state index contributed by atoms with van der Waals surface area (Å²) in [6.45, 7) is 1.04. The highest BCUT2D eigenvalue weighted by Crippen LogP contribution is 2.14. The molecular formula is C8H12N2O6S. The van der Waals surface area contributed by atoms with E-state index in [1.54, 1.807) is 6.92 Å². The minimum absolute atomic E-state index is 0.165. The molecule has 1 aliphatic rings. The Hall–Kier alpha value is -1.48. The lowest BCUT2D eigenvalue weighted by atomic mass is 10.2. The van der Waals surface area contributed by atoms with Crippen LogP contribution in [0.3, 0.4) is 0 Å². The van der Waals surface area contributed by atoms with Crippen molar-refractivity contribution in [3.63, 3.8) is 0 Å². The van der Waals surface area contributed by atoms with E-state index in [0.29, 0.717) is 4.31 Å². The monoisotopic (exact) mass is 264 g/mol. The number of piperazine rings is 1. The van der Waals surface area contributed by atoms with Gasteiger partial charge in [-0.25, -0.2) is 8.42 Å². The number of carboxylic acid groups (broad SMARTS) is 1. The Kier molecular flexibility index (Phi) is 3.83. The summed E-state index contributed by atoms with van der Waals surface area (Å²) >= 11 is 0. The predicted octanol–water partition coefficient (Wildman–Crippen LogP) is -1.86. The van der Waals surface area contributed by atoms with Gasteiger partial charge in [0.15, 0.2) is 5.75 Å². The average Bonchev–Trinajstić information content (AvgIpc) is 2.14. The number of carbonyl (C=O) groups excluding carboxylic acids is 2. The SMILES string of the molecule is CCC1C(=O)NC(=O)CN1S(=O)(=O)CC(=O)O. The second-order valence-electron chi connectivity index (χ2n) is 3.53. The van der Waals surface area contributed by atoms with Crippen LogP contribution in [-0.2, 0) is 24.4 Å². The van der Waals surface area contributed by atoms with Crippen molar-refractivity contribution < 1.29 is 27.9 Å². The zero-order chi connectivity index (χ0) is 13.2. The third-order valence-electron chi connectivity index (χ3n) is 2.26. The van der Waals surface area contributed by atoms with Crippen molar-refractivity contribution in [1.82, 2.24) is 9.62 Å². The van der Waals surface area contributed by atoms with Gasteiger partial charge in [0.2, 0.25) is 21.8 Å². The molecule has 1 atom stereocenters. The molecule has 1 rings (SSSR count). The molecule has 1 saturated heterocycles. The molecule has 1 fully saturated rings. The van der Waals surface area contributed by atoms with Crippen molar-refractivity contribution in [2.45, 2.75) is 19.4 Å². The first kappa shape index (κ1) is 13.6. The predicted molar refractivity (Wildman–Crippen MR) is 55.4 cm³/mol. The first-order valence-electron chi connectivity index (χ1n) is 4.83. The second kappa shape index (κ2) is 4.80. The third-order valence-corrected chi connectivity index (χ3v) is 3.97. The molecule has 96 valence electrons. The molecule has 0 aromatic heterocycles. The zero-order valence-electron chi connectivity index (χ0n) is 9.04. The second-order valence-corrected chi connectivity index (χ2v) is 5.45. The van der Waals surface area contributed by atoms with Crippen molar-refractivity contribution in [3.05, 3.63) is 0 Å². The molecule has 8 nitrogen and oxygen atoms in total. The Balaban J connectivity index is 3.03. The highest BCUT2D eigenvalue weighted by atomic mass is 32.2. The highest BCUT2D eigenvalue weighted by molar-refractivity contribution is 7.89. The number of nitrogens with one attached hydrogen (secondary N) is 1. The normalized spacial score (nSPS) is 22.3. The maximum Gasteiger partial charge on any atom is 0.320 e. The number of carbonyl (C=O) groups is 3. The van der Waals surface area contributed by atoms with E-state index >= 15 is 0 Å². The smallest absolute Gasteiger partial charge is 0.320 e. The van der Waals surface area contributed by atoms with Gasteiger partial charge in [-0.3, -0.25) is 19.7 Å². The van der Waals surface area contributed by atoms with Crippen LogP contribution in [0.4, 0.5) is 0 Å². The Morgan fingerprint density at radius 3 is 2.59 bits per heavy atom. The Morgan fingerprint density at radius 1 is 1.53 bits per heavy atom. The number of hydrogen-bond acceptors (Lipinski definition) is 5. The molecule has 0 aliphatic carbocycles. The summed E-state index contributed by atoms with van der Waals surface area (Å²) < 4.78 is 24.0. The number of carboxylic acids is 1. The number of sulfonamides is 1. The molecule has 2 N–H and O–H groups in total. The Labute approximate surface area is 97.6 Å². The van der Waals surface area contributed by atoms with Gasteiger partial charge in [0, 0.05) is 0 Å². The van der Waals surface area contributed by atoms with E-state index in [9.17, 15) is 22.8 Å². The molecule has 0 spiro atoms. The van der Waals surface area contributed by atoms with Gasteiger partial charge in [-0.2, -0.15) is 4.31 Å². The molecule has 1 unspecified atom stereocenters. The van der Waals surface area contributed by atoms with E-state index in [-0.39, 0.29) is 6.42 Å². The average molecular weight is 264 g/mol. The van der Waals surface area contributed by atoms with Crippen molar-refractivity contribution in [3.8, 4) is 0 Å². The van der Waals surface area contributed by atoms with E-state index in [0.717, 1.165) is 0 Å². The molecule has 0 saturated carbocycles. The maximum atomic E-state index is 11.7. The molecule has 2 amide bonds. The summed E-state index contributed by atoms with van der Waals surface area (Å²) in [5.74, 6) is -4.14. The van der Waals surface area contributed by atoms with E-state index in [2.05, 4.69) is 0 Å². The van der Waals surface area contributed by atoms with Gasteiger partial charge in [0.05, 0.1) is 6.54 Å². The van der Waals surface area contributed by atoms with Crippen LogP contribution in [0.5, 0.6) is 0 Å². The quantitative estimate of drug-likeness (QED) is 0.574. The van der Waals surface area contributed by atoms with Crippen LogP contribution in [0.15, 0.2) is 0 Å². The number of nitrogens with zero attached hydrogens (tertiary/aromatic N) is 1. The largest absolute Gasteiger partial charge is 0.480 e.